The van der Waals surface area contributed by atoms with Gasteiger partial charge in [-0.05, 0) is 52.2 Å². The SMILES string of the molecule is CCNC(c1cnns1)C1CC(C)(C)OC1(C)C. The van der Waals surface area contributed by atoms with E-state index in [-0.39, 0.29) is 17.2 Å². The Morgan fingerprint density at radius 2 is 2.22 bits per heavy atom. The summed E-state index contributed by atoms with van der Waals surface area (Å²) < 4.78 is 10.2. The van der Waals surface area contributed by atoms with Gasteiger partial charge in [0.2, 0.25) is 0 Å². The molecule has 2 unspecified atom stereocenters. The normalized spacial score (nSPS) is 27.3. The Bertz CT molecular complexity index is 389. The molecule has 102 valence electrons. The van der Waals surface area contributed by atoms with Crippen LogP contribution < -0.4 is 5.32 Å². The molecule has 1 saturated heterocycles. The summed E-state index contributed by atoms with van der Waals surface area (Å²) in [6.07, 6.45) is 2.93. The highest BCUT2D eigenvalue weighted by molar-refractivity contribution is 7.05. The van der Waals surface area contributed by atoms with Gasteiger partial charge in [0, 0.05) is 5.92 Å². The first-order valence-electron chi connectivity index (χ1n) is 6.56. The van der Waals surface area contributed by atoms with Crippen LogP contribution in [-0.4, -0.2) is 27.3 Å². The fourth-order valence-electron chi connectivity index (χ4n) is 3.10. The van der Waals surface area contributed by atoms with Crippen molar-refractivity contribution in [3.05, 3.63) is 11.1 Å². The molecule has 0 saturated carbocycles. The molecule has 0 amide bonds. The zero-order valence-electron chi connectivity index (χ0n) is 11.9. The minimum atomic E-state index is -0.125. The lowest BCUT2D eigenvalue weighted by atomic mass is 9.81. The van der Waals surface area contributed by atoms with Gasteiger partial charge in [0.25, 0.3) is 0 Å². The molecular formula is C13H23N3OS. The Balaban J connectivity index is 2.26. The summed E-state index contributed by atoms with van der Waals surface area (Å²) in [5, 5.41) is 7.54. The third kappa shape index (κ3) is 2.73. The molecule has 0 aromatic carbocycles. The van der Waals surface area contributed by atoms with Crippen LogP contribution in [0.25, 0.3) is 0 Å². The maximum absolute atomic E-state index is 6.20. The summed E-state index contributed by atoms with van der Waals surface area (Å²) in [5.74, 6) is 0.440. The van der Waals surface area contributed by atoms with E-state index in [1.807, 2.05) is 6.20 Å². The molecule has 0 aliphatic carbocycles. The third-order valence-electron chi connectivity index (χ3n) is 3.66. The molecule has 0 spiro atoms. The van der Waals surface area contributed by atoms with Crippen LogP contribution in [0.3, 0.4) is 0 Å². The molecule has 4 nitrogen and oxygen atoms in total. The molecule has 2 rings (SSSR count). The van der Waals surface area contributed by atoms with Crippen LogP contribution in [0.4, 0.5) is 0 Å². The van der Waals surface area contributed by atoms with Gasteiger partial charge in [0.05, 0.1) is 28.3 Å². The smallest absolute Gasteiger partial charge is 0.0681 e. The summed E-state index contributed by atoms with van der Waals surface area (Å²) in [5.41, 5.74) is -0.180. The van der Waals surface area contributed by atoms with Crippen molar-refractivity contribution < 1.29 is 4.74 Å². The summed E-state index contributed by atoms with van der Waals surface area (Å²) in [6, 6.07) is 0.284. The average molecular weight is 269 g/mol. The topological polar surface area (TPSA) is 47.0 Å². The van der Waals surface area contributed by atoms with Gasteiger partial charge >= 0.3 is 0 Å². The van der Waals surface area contributed by atoms with Gasteiger partial charge in [0.15, 0.2) is 0 Å². The van der Waals surface area contributed by atoms with Crippen LogP contribution in [0, 0.1) is 5.92 Å². The van der Waals surface area contributed by atoms with Gasteiger partial charge in [-0.1, -0.05) is 11.4 Å². The highest BCUT2D eigenvalue weighted by Gasteiger charge is 2.49. The standard InChI is InChI=1S/C13H23N3OS/c1-6-14-11(10-8-15-16-18-10)9-7-12(2,3)17-13(9,4)5/h8-9,11,14H,6-7H2,1-5H3. The fourth-order valence-corrected chi connectivity index (χ4v) is 3.74. The van der Waals surface area contributed by atoms with Gasteiger partial charge in [-0.2, -0.15) is 0 Å². The Hall–Kier alpha value is -0.520. The van der Waals surface area contributed by atoms with E-state index in [4.69, 9.17) is 4.74 Å². The quantitative estimate of drug-likeness (QED) is 0.913. The van der Waals surface area contributed by atoms with Crippen LogP contribution >= 0.6 is 11.5 Å². The molecule has 1 aromatic rings. The number of rotatable bonds is 4. The molecular weight excluding hydrogens is 246 g/mol. The van der Waals surface area contributed by atoms with E-state index in [0.717, 1.165) is 13.0 Å². The molecule has 2 atom stereocenters. The summed E-state index contributed by atoms with van der Waals surface area (Å²) in [4.78, 5) is 1.20. The number of nitrogens with zero attached hydrogens (tertiary/aromatic N) is 2. The van der Waals surface area contributed by atoms with Crippen molar-refractivity contribution in [3.63, 3.8) is 0 Å². The zero-order valence-corrected chi connectivity index (χ0v) is 12.7. The predicted octanol–water partition coefficient (Wildman–Crippen LogP) is 2.78. The third-order valence-corrected chi connectivity index (χ3v) is 4.40. The highest BCUT2D eigenvalue weighted by atomic mass is 32.1. The van der Waals surface area contributed by atoms with Crippen molar-refractivity contribution in [3.8, 4) is 0 Å². The molecule has 2 heterocycles. The first-order chi connectivity index (χ1) is 8.36. The van der Waals surface area contributed by atoms with Crippen molar-refractivity contribution >= 4 is 11.5 Å². The lowest BCUT2D eigenvalue weighted by Gasteiger charge is -2.32. The molecule has 1 fully saturated rings. The molecule has 5 heteroatoms. The van der Waals surface area contributed by atoms with Gasteiger partial charge in [-0.25, -0.2) is 0 Å². The van der Waals surface area contributed by atoms with Crippen LogP contribution in [0.1, 0.15) is 52.0 Å². The van der Waals surface area contributed by atoms with E-state index in [1.54, 1.807) is 0 Å². The van der Waals surface area contributed by atoms with Crippen LogP contribution in [0.2, 0.25) is 0 Å². The monoisotopic (exact) mass is 269 g/mol. The maximum atomic E-state index is 6.20. The second kappa shape index (κ2) is 4.87. The highest BCUT2D eigenvalue weighted by Crippen LogP contribution is 2.47. The largest absolute Gasteiger partial charge is 0.369 e. The minimum Gasteiger partial charge on any atom is -0.369 e. The fraction of sp³-hybridized carbons (Fsp3) is 0.846. The Morgan fingerprint density at radius 3 is 2.67 bits per heavy atom. The number of ether oxygens (including phenoxy) is 1. The van der Waals surface area contributed by atoms with Crippen LogP contribution in [-0.2, 0) is 4.74 Å². The number of aromatic nitrogens is 2. The second-order valence-electron chi connectivity index (χ2n) is 6.13. The second-order valence-corrected chi connectivity index (χ2v) is 6.95. The maximum Gasteiger partial charge on any atom is 0.0681 e. The van der Waals surface area contributed by atoms with E-state index < -0.39 is 0 Å². The van der Waals surface area contributed by atoms with Gasteiger partial charge in [-0.15, -0.1) is 5.10 Å². The zero-order chi connectivity index (χ0) is 13.4. The molecule has 1 aromatic heterocycles. The summed E-state index contributed by atoms with van der Waals surface area (Å²) >= 11 is 1.48. The van der Waals surface area contributed by atoms with Crippen LogP contribution in [0.5, 0.6) is 0 Å². The van der Waals surface area contributed by atoms with Crippen molar-refractivity contribution in [2.24, 2.45) is 5.92 Å². The molecule has 18 heavy (non-hydrogen) atoms. The molecule has 1 N–H and O–H groups in total. The lowest BCUT2D eigenvalue weighted by molar-refractivity contribution is -0.0777. The predicted molar refractivity (Wildman–Crippen MR) is 73.7 cm³/mol. The lowest BCUT2D eigenvalue weighted by Crippen LogP contribution is -2.38. The number of hydrogen-bond donors (Lipinski definition) is 1. The average Bonchev–Trinajstić information content (AvgIpc) is 2.80. The van der Waals surface area contributed by atoms with Gasteiger partial charge in [0.1, 0.15) is 0 Å². The Labute approximate surface area is 113 Å². The van der Waals surface area contributed by atoms with Crippen LogP contribution in [0.15, 0.2) is 6.20 Å². The van der Waals surface area contributed by atoms with E-state index in [1.165, 1.54) is 16.4 Å². The van der Waals surface area contributed by atoms with Crippen molar-refractivity contribution in [1.29, 1.82) is 0 Å². The molecule has 1 aliphatic rings. The van der Waals surface area contributed by atoms with Gasteiger partial charge < -0.3 is 10.1 Å². The summed E-state index contributed by atoms with van der Waals surface area (Å²) in [7, 11) is 0. The van der Waals surface area contributed by atoms with E-state index in [0.29, 0.717) is 5.92 Å². The first kappa shape index (κ1) is 13.9. The number of nitrogens with one attached hydrogen (secondary N) is 1. The Morgan fingerprint density at radius 1 is 1.50 bits per heavy atom. The molecule has 0 bridgehead atoms. The van der Waals surface area contributed by atoms with Gasteiger partial charge in [-0.3, -0.25) is 0 Å². The van der Waals surface area contributed by atoms with E-state index in [2.05, 4.69) is 49.5 Å². The Kier molecular flexibility index (Phi) is 3.76. The van der Waals surface area contributed by atoms with E-state index in [9.17, 15) is 0 Å². The minimum absolute atomic E-state index is 0.0556. The van der Waals surface area contributed by atoms with Crippen molar-refractivity contribution in [2.45, 2.75) is 58.3 Å². The number of hydrogen-bond acceptors (Lipinski definition) is 5. The first-order valence-corrected chi connectivity index (χ1v) is 7.34. The van der Waals surface area contributed by atoms with E-state index >= 15 is 0 Å². The molecule has 1 aliphatic heterocycles. The molecule has 0 radical (unpaired) electrons. The summed E-state index contributed by atoms with van der Waals surface area (Å²) in [6.45, 7) is 11.8. The van der Waals surface area contributed by atoms with Crippen molar-refractivity contribution in [2.75, 3.05) is 6.54 Å². The van der Waals surface area contributed by atoms with Crippen molar-refractivity contribution in [1.82, 2.24) is 14.9 Å².